The molecule has 0 atom stereocenters. The number of nitrogens with zero attached hydrogens (tertiary/aromatic N) is 9. The minimum atomic E-state index is -0.860. The average molecular weight is 783 g/mol. The van der Waals surface area contributed by atoms with Gasteiger partial charge in [-0.3, -0.25) is 34.2 Å². The molecule has 14 heteroatoms. The van der Waals surface area contributed by atoms with Crippen molar-refractivity contribution in [1.29, 1.82) is 0 Å². The summed E-state index contributed by atoms with van der Waals surface area (Å²) in [4.78, 5) is 42.2. The monoisotopic (exact) mass is 783 g/mol. The Morgan fingerprint density at radius 1 is 0.638 bits per heavy atom. The average Bonchev–Trinajstić information content (AvgIpc) is 3.50. The zero-order valence-electron chi connectivity index (χ0n) is 26.1. The third-order valence-electron chi connectivity index (χ3n) is 8.46. The van der Waals surface area contributed by atoms with Gasteiger partial charge in [0.05, 0.1) is 48.6 Å². The zero-order valence-corrected chi connectivity index (χ0v) is 28.4. The topological polar surface area (TPSA) is 144 Å². The maximum Gasteiger partial charge on any atom is 0.317 e. The van der Waals surface area contributed by atoms with E-state index in [1.807, 2.05) is 50.9 Å². The Labute approximate surface area is 305 Å². The fourth-order valence-corrected chi connectivity index (χ4v) is 6.10. The quantitative estimate of drug-likeness (QED) is 0.305. The number of rotatable bonds is 5. The Morgan fingerprint density at radius 3 is 1.81 bits per heavy atom. The summed E-state index contributed by atoms with van der Waals surface area (Å²) in [6.07, 6.45) is 1.72. The predicted octanol–water partition coefficient (Wildman–Crippen LogP) is 1.85. The molecule has 7 rings (SSSR count). The molecule has 6 heterocycles. The van der Waals surface area contributed by atoms with E-state index in [1.165, 1.54) is 0 Å². The van der Waals surface area contributed by atoms with Crippen LogP contribution >= 0.6 is 0 Å². The molecule has 1 saturated heterocycles. The molecule has 2 N–H and O–H groups in total. The Morgan fingerprint density at radius 2 is 1.21 bits per heavy atom. The van der Waals surface area contributed by atoms with Crippen LogP contribution in [0.1, 0.15) is 17.1 Å². The minimum absolute atomic E-state index is 0. The van der Waals surface area contributed by atoms with Crippen LogP contribution in [-0.4, -0.2) is 132 Å². The maximum atomic E-state index is 11.8. The molecule has 0 radical (unpaired) electrons. The normalized spacial score (nSPS) is 19.6. The van der Waals surface area contributed by atoms with Crippen molar-refractivity contribution < 1.29 is 59.7 Å². The second-order valence-electron chi connectivity index (χ2n) is 11.9. The van der Waals surface area contributed by atoms with Crippen LogP contribution in [0.4, 0.5) is 0 Å². The van der Waals surface area contributed by atoms with Gasteiger partial charge in [-0.15, -0.1) is 5.10 Å². The SMILES string of the molecule is O=C(O)CN1CCN2CCN(CC(=O)O)CCN(CC1)Cc1cccc(n1)-c1cnnn1Cc1cc(-c3ccccc3)cc(n1)C2.[Gd]. The number of pyridine rings is 2. The van der Waals surface area contributed by atoms with E-state index < -0.39 is 11.9 Å². The van der Waals surface area contributed by atoms with Crippen molar-refractivity contribution in [2.45, 2.75) is 19.6 Å². The Balaban J connectivity index is 0.00000433. The number of aliphatic carboxylic acids is 2. The molecular formula is C33H39GdN9O4. The van der Waals surface area contributed by atoms with Gasteiger partial charge in [-0.2, -0.15) is 0 Å². The van der Waals surface area contributed by atoms with E-state index in [0.717, 1.165) is 39.6 Å². The molecule has 0 aliphatic carbocycles. The first-order chi connectivity index (χ1) is 22.4. The summed E-state index contributed by atoms with van der Waals surface area (Å²) in [5.74, 6) is -1.72. The van der Waals surface area contributed by atoms with Gasteiger partial charge in [0.2, 0.25) is 0 Å². The van der Waals surface area contributed by atoms with E-state index in [1.54, 1.807) is 6.20 Å². The van der Waals surface area contributed by atoms with E-state index >= 15 is 0 Å². The van der Waals surface area contributed by atoms with Crippen molar-refractivity contribution in [2.24, 2.45) is 0 Å². The second-order valence-corrected chi connectivity index (χ2v) is 11.9. The number of carboxylic acids is 2. The van der Waals surface area contributed by atoms with E-state index in [0.29, 0.717) is 72.0 Å². The van der Waals surface area contributed by atoms with Gasteiger partial charge in [-0.05, 0) is 35.4 Å². The molecule has 4 aromatic rings. The molecule has 3 aliphatic heterocycles. The number of fused-ring (bicyclic) bond motifs is 8. The molecule has 0 spiro atoms. The molecule has 1 aromatic carbocycles. The van der Waals surface area contributed by atoms with Crippen LogP contribution in [0.2, 0.25) is 0 Å². The van der Waals surface area contributed by atoms with Crippen LogP contribution in [0, 0.1) is 39.9 Å². The van der Waals surface area contributed by atoms with Crippen LogP contribution in [0.15, 0.2) is 66.9 Å². The summed E-state index contributed by atoms with van der Waals surface area (Å²) < 4.78 is 1.84. The van der Waals surface area contributed by atoms with Crippen molar-refractivity contribution in [2.75, 3.05) is 65.4 Å². The van der Waals surface area contributed by atoms with Crippen molar-refractivity contribution in [3.05, 3.63) is 83.9 Å². The van der Waals surface area contributed by atoms with Gasteiger partial charge in [0.1, 0.15) is 5.69 Å². The van der Waals surface area contributed by atoms with E-state index in [9.17, 15) is 19.8 Å². The van der Waals surface area contributed by atoms with E-state index in [4.69, 9.17) is 9.97 Å². The Bertz CT molecular complexity index is 1620. The first-order valence-corrected chi connectivity index (χ1v) is 15.6. The summed E-state index contributed by atoms with van der Waals surface area (Å²) in [6, 6.07) is 20.2. The third kappa shape index (κ3) is 9.89. The van der Waals surface area contributed by atoms with Gasteiger partial charge in [-0.1, -0.05) is 41.6 Å². The summed E-state index contributed by atoms with van der Waals surface area (Å²) >= 11 is 0. The molecule has 248 valence electrons. The molecule has 13 nitrogen and oxygen atoms in total. The smallest absolute Gasteiger partial charge is 0.317 e. The van der Waals surface area contributed by atoms with Crippen LogP contribution in [0.5, 0.6) is 0 Å². The molecule has 0 unspecified atom stereocenters. The van der Waals surface area contributed by atoms with Crippen molar-refractivity contribution in [3.63, 3.8) is 0 Å². The van der Waals surface area contributed by atoms with Crippen LogP contribution < -0.4 is 0 Å². The number of hydrogen-bond donors (Lipinski definition) is 2. The number of carboxylic acid groups (broad SMARTS) is 2. The second kappa shape index (κ2) is 16.7. The summed E-state index contributed by atoms with van der Waals surface area (Å²) in [5.41, 5.74) is 6.18. The Kier molecular flexibility index (Phi) is 12.5. The molecule has 3 aliphatic rings. The summed E-state index contributed by atoms with van der Waals surface area (Å²) in [5, 5.41) is 28.0. The fourth-order valence-electron chi connectivity index (χ4n) is 6.10. The number of aromatic nitrogens is 5. The van der Waals surface area contributed by atoms with Crippen LogP contribution in [0.25, 0.3) is 22.5 Å². The summed E-state index contributed by atoms with van der Waals surface area (Å²) in [6.45, 7) is 6.03. The number of carbonyl (C=O) groups is 2. The molecule has 0 saturated carbocycles. The first kappa shape index (κ1) is 35.1. The van der Waals surface area contributed by atoms with Gasteiger partial charge in [0, 0.05) is 105 Å². The van der Waals surface area contributed by atoms with Crippen molar-refractivity contribution in [3.8, 4) is 22.5 Å². The van der Waals surface area contributed by atoms with Gasteiger partial charge in [-0.25, -0.2) is 9.67 Å². The largest absolute Gasteiger partial charge is 0.480 e. The zero-order chi connectivity index (χ0) is 31.9. The number of benzene rings is 1. The Hall–Kier alpha value is -3.24. The predicted molar refractivity (Wildman–Crippen MR) is 171 cm³/mol. The standard InChI is InChI=1S/C33H39N9O4.Gd/c43-32(44)23-40-13-9-38-10-14-41(24-33(45)46)16-12-39(11-15-40)21-28-17-26(25-5-2-1-3-6-25)18-29(35-28)22-42-31(19-34-37-42)30-8-4-7-27(20-38)36-30;/h1-8,17-19H,9-16,20-24H2,(H,43,44)(H,45,46);. The van der Waals surface area contributed by atoms with Crippen molar-refractivity contribution >= 4 is 11.9 Å². The van der Waals surface area contributed by atoms with Gasteiger partial charge in [0.25, 0.3) is 0 Å². The third-order valence-corrected chi connectivity index (χ3v) is 8.46. The fraction of sp³-hybridized carbons (Fsp3) is 0.394. The van der Waals surface area contributed by atoms with Gasteiger partial charge in [0.15, 0.2) is 0 Å². The molecule has 1 fully saturated rings. The van der Waals surface area contributed by atoms with Gasteiger partial charge < -0.3 is 10.2 Å². The van der Waals surface area contributed by atoms with E-state index in [2.05, 4.69) is 44.4 Å². The van der Waals surface area contributed by atoms with Crippen LogP contribution in [0.3, 0.4) is 0 Å². The molecule has 3 aromatic heterocycles. The minimum Gasteiger partial charge on any atom is -0.480 e. The van der Waals surface area contributed by atoms with E-state index in [-0.39, 0.29) is 53.0 Å². The van der Waals surface area contributed by atoms with Gasteiger partial charge >= 0.3 is 11.9 Å². The van der Waals surface area contributed by atoms with Crippen molar-refractivity contribution in [1.82, 2.24) is 44.6 Å². The summed E-state index contributed by atoms with van der Waals surface area (Å²) in [7, 11) is 0. The molecule has 0 amide bonds. The first-order valence-electron chi connectivity index (χ1n) is 15.6. The number of hydrogen-bond acceptors (Lipinski definition) is 10. The van der Waals surface area contributed by atoms with Crippen LogP contribution in [-0.2, 0) is 29.2 Å². The molecule has 6 bridgehead atoms. The maximum absolute atomic E-state index is 11.8. The molecular weight excluding hydrogens is 744 g/mol. The molecule has 47 heavy (non-hydrogen) atoms.